The van der Waals surface area contributed by atoms with Crippen LogP contribution in [0.25, 0.3) is 0 Å². The number of anilines is 1. The Morgan fingerprint density at radius 1 is 1.25 bits per heavy atom. The highest BCUT2D eigenvalue weighted by atomic mass is 35.5. The number of fused-ring (bicyclic) bond motifs is 1. The molecule has 0 saturated heterocycles. The maximum Gasteiger partial charge on any atom is 0.260 e. The molecule has 1 amide bonds. The predicted molar refractivity (Wildman–Crippen MR) is 135 cm³/mol. The van der Waals surface area contributed by atoms with Crippen LogP contribution in [-0.2, 0) is 32.0 Å². The number of nitrogens with zero attached hydrogens (tertiary/aromatic N) is 6. The molecule has 2 fully saturated rings. The maximum absolute atomic E-state index is 13.6. The van der Waals surface area contributed by atoms with Crippen molar-refractivity contribution in [2.45, 2.75) is 50.6 Å². The number of benzene rings is 1. The lowest BCUT2D eigenvalue weighted by atomic mass is 9.57. The van der Waals surface area contributed by atoms with Gasteiger partial charge in [-0.3, -0.25) is 9.69 Å². The molecule has 6 rings (SSSR count). The van der Waals surface area contributed by atoms with Gasteiger partial charge < -0.3 is 9.88 Å². The first-order valence-electron chi connectivity index (χ1n) is 12.5. The zero-order valence-electron chi connectivity index (χ0n) is 20.2. The largest absolute Gasteiger partial charge is 0.321 e. The van der Waals surface area contributed by atoms with Gasteiger partial charge in [-0.1, -0.05) is 23.7 Å². The molecule has 3 heterocycles. The van der Waals surface area contributed by atoms with Gasteiger partial charge in [0.2, 0.25) is 0 Å². The van der Waals surface area contributed by atoms with E-state index >= 15 is 0 Å². The number of aromatic nitrogens is 4. The third kappa shape index (κ3) is 4.27. The Morgan fingerprint density at radius 3 is 2.81 bits per heavy atom. The van der Waals surface area contributed by atoms with Crippen LogP contribution in [0.3, 0.4) is 0 Å². The van der Waals surface area contributed by atoms with Gasteiger partial charge >= 0.3 is 0 Å². The molecule has 0 bridgehead atoms. The molecule has 8 nitrogen and oxygen atoms in total. The van der Waals surface area contributed by atoms with E-state index in [0.717, 1.165) is 47.8 Å². The molecule has 3 aromatic rings. The van der Waals surface area contributed by atoms with Crippen molar-refractivity contribution in [1.82, 2.24) is 25.1 Å². The highest BCUT2D eigenvalue weighted by Crippen LogP contribution is 2.50. The van der Waals surface area contributed by atoms with Crippen LogP contribution in [-0.4, -0.2) is 32.2 Å². The summed E-state index contributed by atoms with van der Waals surface area (Å²) in [4.78, 5) is 19.7. The van der Waals surface area contributed by atoms with Crippen molar-refractivity contribution >= 4 is 23.3 Å². The summed E-state index contributed by atoms with van der Waals surface area (Å²) in [5.41, 5.74) is 3.55. The summed E-state index contributed by atoms with van der Waals surface area (Å²) in [6.45, 7) is 2.18. The van der Waals surface area contributed by atoms with E-state index in [-0.39, 0.29) is 17.2 Å². The van der Waals surface area contributed by atoms with Gasteiger partial charge in [-0.25, -0.2) is 4.98 Å². The SMILES string of the molecule is Cn1cnnc1CC1(c2ccc3c(c2)C(=O)N(c2cc(CNCC4CC4)cc(Cl)n2)C3)CC(C#N)C1. The number of carbonyl (C=O) groups is 1. The third-order valence-corrected chi connectivity index (χ3v) is 8.05. The van der Waals surface area contributed by atoms with Crippen LogP contribution in [0, 0.1) is 23.2 Å². The molecule has 2 saturated carbocycles. The Bertz CT molecular complexity index is 1370. The molecule has 1 aliphatic heterocycles. The highest BCUT2D eigenvalue weighted by Gasteiger charge is 2.47. The van der Waals surface area contributed by atoms with E-state index in [1.165, 1.54) is 12.8 Å². The molecular formula is C27H28ClN7O. The number of nitrogens with one attached hydrogen (secondary N) is 1. The Labute approximate surface area is 215 Å². The fraction of sp³-hybridized carbons (Fsp3) is 0.444. The minimum absolute atomic E-state index is 0.0151. The van der Waals surface area contributed by atoms with Crippen LogP contribution in [0.5, 0.6) is 0 Å². The van der Waals surface area contributed by atoms with Crippen LogP contribution in [0.1, 0.15) is 58.6 Å². The van der Waals surface area contributed by atoms with E-state index < -0.39 is 0 Å². The molecule has 184 valence electrons. The molecule has 0 radical (unpaired) electrons. The number of hydrogen-bond donors (Lipinski definition) is 1. The normalized spacial score (nSPS) is 22.9. The van der Waals surface area contributed by atoms with Crippen LogP contribution in [0.2, 0.25) is 5.15 Å². The molecule has 2 aromatic heterocycles. The lowest BCUT2D eigenvalue weighted by Crippen LogP contribution is -2.43. The van der Waals surface area contributed by atoms with Gasteiger partial charge in [-0.2, -0.15) is 5.26 Å². The summed E-state index contributed by atoms with van der Waals surface area (Å²) < 4.78 is 1.92. The lowest BCUT2D eigenvalue weighted by Gasteiger charge is -2.45. The summed E-state index contributed by atoms with van der Waals surface area (Å²) in [6.07, 6.45) is 6.48. The maximum atomic E-state index is 13.6. The van der Waals surface area contributed by atoms with Gasteiger partial charge in [-0.05, 0) is 73.0 Å². The smallest absolute Gasteiger partial charge is 0.260 e. The number of amides is 1. The van der Waals surface area contributed by atoms with E-state index in [0.29, 0.717) is 36.0 Å². The monoisotopic (exact) mass is 501 g/mol. The fourth-order valence-electron chi connectivity index (χ4n) is 5.56. The van der Waals surface area contributed by atoms with Crippen LogP contribution in [0.15, 0.2) is 36.7 Å². The Morgan fingerprint density at radius 2 is 2.08 bits per heavy atom. The number of carbonyl (C=O) groups excluding carboxylic acids is 1. The van der Waals surface area contributed by atoms with E-state index in [1.54, 1.807) is 11.2 Å². The van der Waals surface area contributed by atoms with Crippen molar-refractivity contribution in [3.63, 3.8) is 0 Å². The van der Waals surface area contributed by atoms with Crippen molar-refractivity contribution in [3.05, 3.63) is 69.9 Å². The first-order valence-corrected chi connectivity index (χ1v) is 12.9. The van der Waals surface area contributed by atoms with Gasteiger partial charge in [0, 0.05) is 36.9 Å². The standard InChI is InChI=1S/C27H28ClN7O/c1-34-16-31-33-25(34)11-27(9-19(10-27)12-29)21-5-4-20-15-35(26(36)22(20)8-21)24-7-18(6-23(28)32-24)14-30-13-17-2-3-17/h4-8,16-17,19,30H,2-3,9-11,13-15H2,1H3. The quantitative estimate of drug-likeness (QED) is 0.469. The zero-order chi connectivity index (χ0) is 24.9. The minimum Gasteiger partial charge on any atom is -0.321 e. The second kappa shape index (κ2) is 8.99. The molecule has 9 heteroatoms. The summed E-state index contributed by atoms with van der Waals surface area (Å²) in [6, 6.07) is 12.4. The molecule has 0 spiro atoms. The Kier molecular flexibility index (Phi) is 5.78. The number of aryl methyl sites for hydroxylation is 1. The lowest BCUT2D eigenvalue weighted by molar-refractivity contribution is 0.0995. The molecular weight excluding hydrogens is 474 g/mol. The van der Waals surface area contributed by atoms with Crippen molar-refractivity contribution in [3.8, 4) is 6.07 Å². The van der Waals surface area contributed by atoms with Crippen molar-refractivity contribution < 1.29 is 4.79 Å². The summed E-state index contributed by atoms with van der Waals surface area (Å²) in [5, 5.41) is 21.6. The Balaban J connectivity index is 1.25. The molecule has 2 aliphatic carbocycles. The van der Waals surface area contributed by atoms with E-state index in [2.05, 4.69) is 32.6 Å². The first kappa shape index (κ1) is 23.1. The van der Waals surface area contributed by atoms with Gasteiger partial charge in [-0.15, -0.1) is 10.2 Å². The van der Waals surface area contributed by atoms with E-state index in [9.17, 15) is 10.1 Å². The molecule has 3 aliphatic rings. The third-order valence-electron chi connectivity index (χ3n) is 7.86. The average Bonchev–Trinajstić information content (AvgIpc) is 3.49. The average molecular weight is 502 g/mol. The van der Waals surface area contributed by atoms with Crippen LogP contribution < -0.4 is 10.2 Å². The topological polar surface area (TPSA) is 99.7 Å². The molecule has 1 aromatic carbocycles. The molecule has 1 N–H and O–H groups in total. The highest BCUT2D eigenvalue weighted by molar-refractivity contribution is 6.29. The van der Waals surface area contributed by atoms with E-state index in [1.807, 2.05) is 35.9 Å². The van der Waals surface area contributed by atoms with Gasteiger partial charge in [0.05, 0.1) is 12.6 Å². The van der Waals surface area contributed by atoms with E-state index in [4.69, 9.17) is 11.6 Å². The van der Waals surface area contributed by atoms with Crippen LogP contribution >= 0.6 is 11.6 Å². The first-order chi connectivity index (χ1) is 17.4. The van der Waals surface area contributed by atoms with Gasteiger partial charge in [0.25, 0.3) is 5.91 Å². The second-order valence-electron chi connectivity index (χ2n) is 10.5. The predicted octanol–water partition coefficient (Wildman–Crippen LogP) is 3.94. The minimum atomic E-state index is -0.224. The molecule has 0 unspecified atom stereocenters. The zero-order valence-corrected chi connectivity index (χ0v) is 21.0. The van der Waals surface area contributed by atoms with Crippen molar-refractivity contribution in [2.24, 2.45) is 18.9 Å². The number of nitriles is 1. The van der Waals surface area contributed by atoms with Gasteiger partial charge in [0.15, 0.2) is 0 Å². The summed E-state index contributed by atoms with van der Waals surface area (Å²) in [7, 11) is 1.93. The van der Waals surface area contributed by atoms with Gasteiger partial charge in [0.1, 0.15) is 23.1 Å². The number of pyridine rings is 1. The van der Waals surface area contributed by atoms with Crippen molar-refractivity contribution in [1.29, 1.82) is 5.26 Å². The number of hydrogen-bond acceptors (Lipinski definition) is 6. The second-order valence-corrected chi connectivity index (χ2v) is 10.9. The summed E-state index contributed by atoms with van der Waals surface area (Å²) >= 11 is 6.34. The number of rotatable bonds is 8. The molecule has 36 heavy (non-hydrogen) atoms. The number of halogens is 1. The molecule has 0 atom stereocenters. The fourth-order valence-corrected chi connectivity index (χ4v) is 5.79. The Hall–Kier alpha value is -3.28. The summed E-state index contributed by atoms with van der Waals surface area (Å²) in [5.74, 6) is 2.20. The van der Waals surface area contributed by atoms with Crippen LogP contribution in [0.4, 0.5) is 5.82 Å². The van der Waals surface area contributed by atoms with Crippen molar-refractivity contribution in [2.75, 3.05) is 11.4 Å².